The van der Waals surface area contributed by atoms with Crippen molar-refractivity contribution < 1.29 is 27.1 Å². The quantitative estimate of drug-likeness (QED) is 0.549. The number of ether oxygens (including phenoxy) is 2. The van der Waals surface area contributed by atoms with E-state index < -0.39 is 10.0 Å². The zero-order chi connectivity index (χ0) is 23.3. The van der Waals surface area contributed by atoms with Crippen LogP contribution >= 0.6 is 0 Å². The van der Waals surface area contributed by atoms with Gasteiger partial charge in [-0.05, 0) is 54.4 Å². The first-order valence-corrected chi connectivity index (χ1v) is 11.9. The van der Waals surface area contributed by atoms with Crippen molar-refractivity contribution in [3.8, 4) is 11.5 Å². The number of rotatable bonds is 7. The van der Waals surface area contributed by atoms with E-state index in [0.717, 1.165) is 5.56 Å². The highest BCUT2D eigenvalue weighted by Crippen LogP contribution is 2.32. The van der Waals surface area contributed by atoms with Gasteiger partial charge in [0.05, 0.1) is 18.1 Å². The highest BCUT2D eigenvalue weighted by Gasteiger charge is 2.19. The van der Waals surface area contributed by atoms with Crippen LogP contribution < -0.4 is 19.5 Å². The van der Waals surface area contributed by atoms with E-state index >= 15 is 0 Å². The number of carbonyl (C=O) groups excluding carboxylic acids is 1. The van der Waals surface area contributed by atoms with Crippen LogP contribution in [0, 0.1) is 5.82 Å². The lowest BCUT2D eigenvalue weighted by molar-refractivity contribution is 0.0954. The number of hydrogen-bond donors (Lipinski definition) is 2. The minimum Gasteiger partial charge on any atom is -0.490 e. The number of nitrogens with one attached hydrogen (secondary N) is 2. The van der Waals surface area contributed by atoms with Crippen LogP contribution in [-0.2, 0) is 16.4 Å². The van der Waals surface area contributed by atoms with Crippen molar-refractivity contribution in [3.63, 3.8) is 0 Å². The van der Waals surface area contributed by atoms with E-state index in [1.54, 1.807) is 36.4 Å². The number of amides is 1. The molecule has 1 aliphatic heterocycles. The zero-order valence-corrected chi connectivity index (χ0v) is 18.5. The Kier molecular flexibility index (Phi) is 6.79. The average Bonchev–Trinajstić information content (AvgIpc) is 3.04. The molecule has 172 valence electrons. The third kappa shape index (κ3) is 5.81. The number of anilines is 1. The monoisotopic (exact) mass is 470 g/mol. The second-order valence-corrected chi connectivity index (χ2v) is 9.16. The minimum absolute atomic E-state index is 0.0247. The van der Waals surface area contributed by atoms with Crippen molar-refractivity contribution in [1.82, 2.24) is 5.32 Å². The minimum atomic E-state index is -3.91. The van der Waals surface area contributed by atoms with Crippen LogP contribution in [-0.4, -0.2) is 34.1 Å². The first-order valence-electron chi connectivity index (χ1n) is 10.5. The van der Waals surface area contributed by atoms with Gasteiger partial charge in [-0.15, -0.1) is 0 Å². The molecule has 0 spiro atoms. The second kappa shape index (κ2) is 9.91. The van der Waals surface area contributed by atoms with Gasteiger partial charge in [-0.3, -0.25) is 9.52 Å². The van der Waals surface area contributed by atoms with Crippen molar-refractivity contribution >= 4 is 21.6 Å². The summed E-state index contributed by atoms with van der Waals surface area (Å²) < 4.78 is 52.6. The van der Waals surface area contributed by atoms with Crippen LogP contribution in [0.4, 0.5) is 10.1 Å². The Morgan fingerprint density at radius 3 is 2.55 bits per heavy atom. The SMILES string of the molecule is O=C(NCCc1cccc(F)c1)c1cccc(NS(=O)(=O)c2ccc3c(c2)OCCCO3)c1. The fraction of sp³-hybridized carbons (Fsp3) is 0.208. The highest BCUT2D eigenvalue weighted by molar-refractivity contribution is 7.92. The molecule has 0 radical (unpaired) electrons. The van der Waals surface area contributed by atoms with E-state index in [1.165, 1.54) is 30.3 Å². The fourth-order valence-corrected chi connectivity index (χ4v) is 4.43. The van der Waals surface area contributed by atoms with Crippen LogP contribution in [0.3, 0.4) is 0 Å². The summed E-state index contributed by atoms with van der Waals surface area (Å²) in [5.74, 6) is 0.195. The smallest absolute Gasteiger partial charge is 0.262 e. The molecule has 7 nitrogen and oxygen atoms in total. The fourth-order valence-electron chi connectivity index (χ4n) is 3.36. The Balaban J connectivity index is 1.42. The molecule has 1 amide bonds. The third-order valence-electron chi connectivity index (χ3n) is 4.99. The normalized spacial score (nSPS) is 13.1. The topological polar surface area (TPSA) is 93.7 Å². The molecule has 0 saturated carbocycles. The van der Waals surface area contributed by atoms with Gasteiger partial charge in [0, 0.05) is 30.3 Å². The van der Waals surface area contributed by atoms with Gasteiger partial charge in [-0.1, -0.05) is 18.2 Å². The third-order valence-corrected chi connectivity index (χ3v) is 6.37. The number of hydrogen-bond acceptors (Lipinski definition) is 5. The molecule has 2 N–H and O–H groups in total. The lowest BCUT2D eigenvalue weighted by Gasteiger charge is -2.12. The number of carbonyl (C=O) groups is 1. The van der Waals surface area contributed by atoms with E-state index in [1.807, 2.05) is 0 Å². The zero-order valence-electron chi connectivity index (χ0n) is 17.7. The van der Waals surface area contributed by atoms with E-state index in [0.29, 0.717) is 49.7 Å². The van der Waals surface area contributed by atoms with Gasteiger partial charge in [0.2, 0.25) is 0 Å². The van der Waals surface area contributed by atoms with Gasteiger partial charge < -0.3 is 14.8 Å². The standard InChI is InChI=1S/C24H23FN2O5S/c25-19-6-1-4-17(14-19)10-11-26-24(28)18-5-2-7-20(15-18)27-33(29,30)21-8-9-22-23(16-21)32-13-3-12-31-22/h1-2,4-9,14-16,27H,3,10-13H2,(H,26,28). The van der Waals surface area contributed by atoms with Crippen molar-refractivity contribution in [2.24, 2.45) is 0 Å². The Hall–Kier alpha value is -3.59. The first kappa shape index (κ1) is 22.6. The Morgan fingerprint density at radius 2 is 1.73 bits per heavy atom. The van der Waals surface area contributed by atoms with Gasteiger partial charge in [0.25, 0.3) is 15.9 Å². The van der Waals surface area contributed by atoms with E-state index in [4.69, 9.17) is 9.47 Å². The van der Waals surface area contributed by atoms with E-state index in [9.17, 15) is 17.6 Å². The molecular formula is C24H23FN2O5S. The van der Waals surface area contributed by atoms with Gasteiger partial charge in [-0.2, -0.15) is 0 Å². The predicted molar refractivity (Wildman–Crippen MR) is 122 cm³/mol. The molecule has 3 aromatic rings. The van der Waals surface area contributed by atoms with Gasteiger partial charge in [-0.25, -0.2) is 12.8 Å². The Morgan fingerprint density at radius 1 is 0.939 bits per heavy atom. The largest absolute Gasteiger partial charge is 0.490 e. The molecule has 0 unspecified atom stereocenters. The van der Waals surface area contributed by atoms with Gasteiger partial charge in [0.1, 0.15) is 5.82 Å². The summed E-state index contributed by atoms with van der Waals surface area (Å²) >= 11 is 0. The molecule has 1 aliphatic rings. The van der Waals surface area contributed by atoms with Crippen molar-refractivity contribution in [1.29, 1.82) is 0 Å². The molecule has 0 aliphatic carbocycles. The van der Waals surface area contributed by atoms with Crippen molar-refractivity contribution in [2.75, 3.05) is 24.5 Å². The molecule has 1 heterocycles. The number of fused-ring (bicyclic) bond motifs is 1. The Labute approximate surface area is 191 Å². The van der Waals surface area contributed by atoms with Gasteiger partial charge >= 0.3 is 0 Å². The number of benzene rings is 3. The summed E-state index contributed by atoms with van der Waals surface area (Å²) in [6, 6.07) is 16.8. The molecule has 0 bridgehead atoms. The van der Waals surface area contributed by atoms with Crippen molar-refractivity contribution in [3.05, 3.63) is 83.7 Å². The molecule has 9 heteroatoms. The maximum Gasteiger partial charge on any atom is 0.262 e. The molecule has 33 heavy (non-hydrogen) atoms. The van der Waals surface area contributed by atoms with E-state index in [2.05, 4.69) is 10.0 Å². The van der Waals surface area contributed by atoms with Crippen LogP contribution in [0.25, 0.3) is 0 Å². The highest BCUT2D eigenvalue weighted by atomic mass is 32.2. The molecule has 0 fully saturated rings. The molecule has 0 aromatic heterocycles. The molecule has 3 aromatic carbocycles. The maximum atomic E-state index is 13.3. The Bertz CT molecular complexity index is 1260. The van der Waals surface area contributed by atoms with Crippen LogP contribution in [0.2, 0.25) is 0 Å². The van der Waals surface area contributed by atoms with Gasteiger partial charge in [0.15, 0.2) is 11.5 Å². The maximum absolute atomic E-state index is 13.3. The van der Waals surface area contributed by atoms with Crippen LogP contribution in [0.1, 0.15) is 22.3 Å². The molecule has 0 atom stereocenters. The summed E-state index contributed by atoms with van der Waals surface area (Å²) in [6.45, 7) is 1.27. The molecule has 0 saturated heterocycles. The first-order chi connectivity index (χ1) is 15.9. The molecule has 4 rings (SSSR count). The van der Waals surface area contributed by atoms with Crippen molar-refractivity contribution in [2.45, 2.75) is 17.7 Å². The summed E-state index contributed by atoms with van der Waals surface area (Å²) in [5.41, 5.74) is 1.32. The number of sulfonamides is 1. The van der Waals surface area contributed by atoms with E-state index in [-0.39, 0.29) is 22.3 Å². The van der Waals surface area contributed by atoms with Crippen LogP contribution in [0.5, 0.6) is 11.5 Å². The summed E-state index contributed by atoms with van der Waals surface area (Å²) in [5, 5.41) is 2.76. The summed E-state index contributed by atoms with van der Waals surface area (Å²) in [7, 11) is -3.91. The lowest BCUT2D eigenvalue weighted by atomic mass is 10.1. The summed E-state index contributed by atoms with van der Waals surface area (Å²) in [6.07, 6.45) is 1.19. The molecular weight excluding hydrogens is 447 g/mol. The number of halogens is 1. The predicted octanol–water partition coefficient (Wildman–Crippen LogP) is 3.76. The summed E-state index contributed by atoms with van der Waals surface area (Å²) in [4.78, 5) is 12.5. The second-order valence-electron chi connectivity index (χ2n) is 7.48. The average molecular weight is 471 g/mol. The lowest BCUT2D eigenvalue weighted by Crippen LogP contribution is -2.25. The van der Waals surface area contributed by atoms with Crippen LogP contribution in [0.15, 0.2) is 71.6 Å².